The van der Waals surface area contributed by atoms with E-state index >= 15 is 0 Å². The maximum atomic E-state index is 11.9. The molecule has 0 aliphatic heterocycles. The second kappa shape index (κ2) is 8.85. The van der Waals surface area contributed by atoms with Gasteiger partial charge in [-0.25, -0.2) is 0 Å². The van der Waals surface area contributed by atoms with Crippen molar-refractivity contribution in [3.63, 3.8) is 0 Å². The quantitative estimate of drug-likeness (QED) is 0.736. The standard InChI is InChI=1S/C18H20ClNO2S/c1-13-7-8-14(2)17(11-13)22-9-10-23-12-18(21)20-16-6-4-3-5-15(16)19/h3-8,11H,9-10,12H2,1-2H3,(H,20,21). The van der Waals surface area contributed by atoms with Crippen LogP contribution < -0.4 is 10.1 Å². The third kappa shape index (κ3) is 5.81. The van der Waals surface area contributed by atoms with Crippen molar-refractivity contribution in [2.75, 3.05) is 23.4 Å². The largest absolute Gasteiger partial charge is 0.492 e. The highest BCUT2D eigenvalue weighted by Gasteiger charge is 2.05. The fourth-order valence-electron chi connectivity index (χ4n) is 1.99. The zero-order valence-electron chi connectivity index (χ0n) is 13.3. The van der Waals surface area contributed by atoms with E-state index in [4.69, 9.17) is 16.3 Å². The molecule has 2 aromatic carbocycles. The zero-order valence-corrected chi connectivity index (χ0v) is 14.8. The normalized spacial score (nSPS) is 10.4. The van der Waals surface area contributed by atoms with Gasteiger partial charge in [0.15, 0.2) is 0 Å². The molecule has 0 unspecified atom stereocenters. The second-order valence-corrected chi connectivity index (χ2v) is 6.71. The van der Waals surface area contributed by atoms with Crippen molar-refractivity contribution in [3.8, 4) is 5.75 Å². The lowest BCUT2D eigenvalue weighted by Crippen LogP contribution is -2.15. The Labute approximate surface area is 146 Å². The van der Waals surface area contributed by atoms with Crippen molar-refractivity contribution in [1.29, 1.82) is 0 Å². The summed E-state index contributed by atoms with van der Waals surface area (Å²) in [5.41, 5.74) is 2.95. The maximum Gasteiger partial charge on any atom is 0.234 e. The number of ether oxygens (including phenoxy) is 1. The zero-order chi connectivity index (χ0) is 16.7. The molecule has 0 aliphatic carbocycles. The van der Waals surface area contributed by atoms with Crippen LogP contribution in [0.1, 0.15) is 11.1 Å². The molecule has 0 fully saturated rings. The van der Waals surface area contributed by atoms with Gasteiger partial charge in [-0.1, -0.05) is 35.9 Å². The molecule has 0 atom stereocenters. The molecular weight excluding hydrogens is 330 g/mol. The molecule has 0 radical (unpaired) electrons. The SMILES string of the molecule is Cc1ccc(C)c(OCCSCC(=O)Nc2ccccc2Cl)c1. The lowest BCUT2D eigenvalue weighted by Gasteiger charge is -2.10. The van der Waals surface area contributed by atoms with Crippen molar-refractivity contribution < 1.29 is 9.53 Å². The van der Waals surface area contributed by atoms with E-state index in [2.05, 4.69) is 17.4 Å². The van der Waals surface area contributed by atoms with Gasteiger partial charge >= 0.3 is 0 Å². The van der Waals surface area contributed by atoms with Gasteiger partial charge in [0.25, 0.3) is 0 Å². The molecule has 2 aromatic rings. The van der Waals surface area contributed by atoms with Crippen molar-refractivity contribution in [3.05, 3.63) is 58.6 Å². The van der Waals surface area contributed by atoms with E-state index in [0.29, 0.717) is 23.1 Å². The van der Waals surface area contributed by atoms with Crippen LogP contribution in [0.4, 0.5) is 5.69 Å². The molecule has 3 nitrogen and oxygen atoms in total. The Bertz CT molecular complexity index is 676. The van der Waals surface area contributed by atoms with Gasteiger partial charge in [-0.3, -0.25) is 4.79 Å². The van der Waals surface area contributed by atoms with Gasteiger partial charge in [-0.2, -0.15) is 0 Å². The number of halogens is 1. The topological polar surface area (TPSA) is 38.3 Å². The van der Waals surface area contributed by atoms with E-state index in [0.717, 1.165) is 17.1 Å². The highest BCUT2D eigenvalue weighted by atomic mass is 35.5. The van der Waals surface area contributed by atoms with E-state index in [-0.39, 0.29) is 5.91 Å². The molecule has 0 aromatic heterocycles. The number of carbonyl (C=O) groups excluding carboxylic acids is 1. The summed E-state index contributed by atoms with van der Waals surface area (Å²) >= 11 is 7.54. The van der Waals surface area contributed by atoms with Crippen LogP contribution in [-0.2, 0) is 4.79 Å². The number of rotatable bonds is 7. The van der Waals surface area contributed by atoms with Gasteiger partial charge in [0.05, 0.1) is 23.1 Å². The number of anilines is 1. The predicted octanol–water partition coefficient (Wildman–Crippen LogP) is 4.71. The minimum absolute atomic E-state index is 0.0603. The van der Waals surface area contributed by atoms with E-state index in [9.17, 15) is 4.79 Å². The number of para-hydroxylation sites is 1. The van der Waals surface area contributed by atoms with Gasteiger partial charge < -0.3 is 10.1 Å². The fraction of sp³-hybridized carbons (Fsp3) is 0.278. The van der Waals surface area contributed by atoms with E-state index in [1.165, 1.54) is 17.3 Å². The van der Waals surface area contributed by atoms with Crippen LogP contribution in [0.3, 0.4) is 0 Å². The summed E-state index contributed by atoms with van der Waals surface area (Å²) < 4.78 is 5.76. The molecule has 1 amide bonds. The number of thioether (sulfide) groups is 1. The Kier molecular flexibility index (Phi) is 6.81. The molecule has 122 valence electrons. The number of amides is 1. The van der Waals surface area contributed by atoms with Crippen LogP contribution in [0.5, 0.6) is 5.75 Å². The number of benzene rings is 2. The maximum absolute atomic E-state index is 11.9. The summed E-state index contributed by atoms with van der Waals surface area (Å²) in [7, 11) is 0. The summed E-state index contributed by atoms with van der Waals surface area (Å²) in [6, 6.07) is 13.4. The Hall–Kier alpha value is -1.65. The number of aryl methyl sites for hydroxylation is 2. The van der Waals surface area contributed by atoms with Gasteiger partial charge in [-0.05, 0) is 43.2 Å². The number of hydrogen-bond donors (Lipinski definition) is 1. The minimum atomic E-state index is -0.0603. The first-order valence-electron chi connectivity index (χ1n) is 7.38. The van der Waals surface area contributed by atoms with Crippen LogP contribution in [-0.4, -0.2) is 24.0 Å². The summed E-state index contributed by atoms with van der Waals surface area (Å²) in [6.45, 7) is 4.65. The molecule has 2 rings (SSSR count). The minimum Gasteiger partial charge on any atom is -0.492 e. The molecule has 1 N–H and O–H groups in total. The van der Waals surface area contributed by atoms with Crippen LogP contribution in [0.15, 0.2) is 42.5 Å². The molecule has 0 bridgehead atoms. The first-order chi connectivity index (χ1) is 11.1. The Balaban J connectivity index is 1.68. The van der Waals surface area contributed by atoms with E-state index in [1.807, 2.05) is 32.0 Å². The van der Waals surface area contributed by atoms with Crippen LogP contribution in [0.25, 0.3) is 0 Å². The van der Waals surface area contributed by atoms with Gasteiger partial charge in [0, 0.05) is 5.75 Å². The molecular formula is C18H20ClNO2S. The third-order valence-electron chi connectivity index (χ3n) is 3.21. The highest BCUT2D eigenvalue weighted by Crippen LogP contribution is 2.21. The fourth-order valence-corrected chi connectivity index (χ4v) is 2.77. The van der Waals surface area contributed by atoms with Gasteiger partial charge in [-0.15, -0.1) is 11.8 Å². The summed E-state index contributed by atoms with van der Waals surface area (Å²) in [6.07, 6.45) is 0. The molecule has 0 heterocycles. The molecule has 0 saturated heterocycles. The van der Waals surface area contributed by atoms with Gasteiger partial charge in [0.2, 0.25) is 5.91 Å². The summed E-state index contributed by atoms with van der Waals surface area (Å²) in [4.78, 5) is 11.9. The second-order valence-electron chi connectivity index (χ2n) is 5.20. The third-order valence-corrected chi connectivity index (χ3v) is 4.46. The summed E-state index contributed by atoms with van der Waals surface area (Å²) in [5.74, 6) is 1.98. The number of nitrogens with one attached hydrogen (secondary N) is 1. The average molecular weight is 350 g/mol. The summed E-state index contributed by atoms with van der Waals surface area (Å²) in [5, 5.41) is 3.35. The highest BCUT2D eigenvalue weighted by molar-refractivity contribution is 7.99. The van der Waals surface area contributed by atoms with Crippen molar-refractivity contribution in [2.45, 2.75) is 13.8 Å². The number of hydrogen-bond acceptors (Lipinski definition) is 3. The molecule has 23 heavy (non-hydrogen) atoms. The average Bonchev–Trinajstić information content (AvgIpc) is 2.52. The van der Waals surface area contributed by atoms with Crippen molar-refractivity contribution in [2.24, 2.45) is 0 Å². The smallest absolute Gasteiger partial charge is 0.234 e. The van der Waals surface area contributed by atoms with Crippen LogP contribution in [0.2, 0.25) is 5.02 Å². The number of carbonyl (C=O) groups is 1. The lowest BCUT2D eigenvalue weighted by atomic mass is 10.1. The first kappa shape index (κ1) is 17.7. The van der Waals surface area contributed by atoms with Crippen LogP contribution >= 0.6 is 23.4 Å². The van der Waals surface area contributed by atoms with Crippen LogP contribution in [0, 0.1) is 13.8 Å². The van der Waals surface area contributed by atoms with Crippen molar-refractivity contribution in [1.82, 2.24) is 0 Å². The molecule has 0 aliphatic rings. The predicted molar refractivity (Wildman–Crippen MR) is 98.8 cm³/mol. The monoisotopic (exact) mass is 349 g/mol. The molecule has 0 saturated carbocycles. The first-order valence-corrected chi connectivity index (χ1v) is 8.91. The van der Waals surface area contributed by atoms with Crippen molar-refractivity contribution >= 4 is 35.0 Å². The Morgan fingerprint density at radius 1 is 1.22 bits per heavy atom. The van der Waals surface area contributed by atoms with E-state index in [1.54, 1.807) is 12.1 Å². The Morgan fingerprint density at radius 2 is 2.00 bits per heavy atom. The molecule has 5 heteroatoms. The molecule has 0 spiro atoms. The van der Waals surface area contributed by atoms with E-state index < -0.39 is 0 Å². The lowest BCUT2D eigenvalue weighted by molar-refractivity contribution is -0.113. The van der Waals surface area contributed by atoms with Gasteiger partial charge in [0.1, 0.15) is 5.75 Å². The Morgan fingerprint density at radius 3 is 2.78 bits per heavy atom.